The molecule has 0 fully saturated rings. The van der Waals surface area contributed by atoms with Crippen molar-refractivity contribution in [3.8, 4) is 5.75 Å². The molecule has 0 bridgehead atoms. The molecule has 10 nitrogen and oxygen atoms in total. The van der Waals surface area contributed by atoms with Crippen LogP contribution in [-0.2, 0) is 26.8 Å². The number of halogens is 2. The lowest BCUT2D eigenvalue weighted by Gasteiger charge is -2.19. The average molecular weight is 602 g/mol. The quantitative estimate of drug-likeness (QED) is 0.248. The third-order valence-corrected chi connectivity index (χ3v) is 7.69. The molecule has 0 saturated carbocycles. The summed E-state index contributed by atoms with van der Waals surface area (Å²) in [6.45, 7) is 1.93. The largest absolute Gasteiger partial charge is 0.748 e. The normalized spacial score (nSPS) is 15.3. The molecule has 0 atom stereocenters. The van der Waals surface area contributed by atoms with Crippen LogP contribution in [0.5, 0.6) is 5.75 Å². The first-order chi connectivity index (χ1) is 17.8. The van der Waals surface area contributed by atoms with E-state index in [0.717, 1.165) is 0 Å². The number of benzene rings is 2. The van der Waals surface area contributed by atoms with Crippen molar-refractivity contribution >= 4 is 66.3 Å². The predicted molar refractivity (Wildman–Crippen MR) is 141 cm³/mol. The lowest BCUT2D eigenvalue weighted by molar-refractivity contribution is -0.677. The maximum Gasteiger partial charge on any atom is 0.374 e. The SMILES string of the molecule is CCC(/C=C1\Oc2ccc(Cl)cc2N1CCS(=O)(=O)[O-])=C\c1oc2ccc(Cl)cc2[n+]1CCCS(=O)(=O)[O-]. The number of hydrogen-bond acceptors (Lipinski definition) is 9. The maximum absolute atomic E-state index is 11.3. The number of anilines is 1. The molecule has 204 valence electrons. The summed E-state index contributed by atoms with van der Waals surface area (Å²) in [7, 11) is -8.88. The van der Waals surface area contributed by atoms with Gasteiger partial charge in [-0.25, -0.2) is 16.8 Å². The Morgan fingerprint density at radius 3 is 2.39 bits per heavy atom. The molecular formula is C24H23Cl2N2O8S2-. The van der Waals surface area contributed by atoms with Crippen LogP contribution in [0.25, 0.3) is 17.2 Å². The Bertz CT molecular complexity index is 1650. The lowest BCUT2D eigenvalue weighted by atomic mass is 10.2. The highest BCUT2D eigenvalue weighted by Gasteiger charge is 2.28. The molecule has 1 aliphatic heterocycles. The molecule has 0 amide bonds. The minimum atomic E-state index is -4.49. The molecule has 38 heavy (non-hydrogen) atoms. The summed E-state index contributed by atoms with van der Waals surface area (Å²) < 4.78 is 81.0. The highest BCUT2D eigenvalue weighted by Crippen LogP contribution is 2.41. The van der Waals surface area contributed by atoms with Crippen LogP contribution in [0.1, 0.15) is 25.7 Å². The summed E-state index contributed by atoms with van der Waals surface area (Å²) >= 11 is 12.3. The summed E-state index contributed by atoms with van der Waals surface area (Å²) in [5.74, 6) is -0.0502. The second-order valence-electron chi connectivity index (χ2n) is 8.50. The molecule has 14 heteroatoms. The van der Waals surface area contributed by atoms with Crippen molar-refractivity contribution in [2.75, 3.05) is 23.0 Å². The van der Waals surface area contributed by atoms with E-state index >= 15 is 0 Å². The van der Waals surface area contributed by atoms with Gasteiger partial charge in [0.1, 0.15) is 0 Å². The molecule has 2 heterocycles. The smallest absolute Gasteiger partial charge is 0.374 e. The average Bonchev–Trinajstić information content (AvgIpc) is 3.32. The van der Waals surface area contributed by atoms with Crippen LogP contribution in [0.3, 0.4) is 0 Å². The Labute approximate surface area is 230 Å². The van der Waals surface area contributed by atoms with Crippen molar-refractivity contribution in [2.45, 2.75) is 26.3 Å². The Hall–Kier alpha value is -2.61. The first-order valence-corrected chi connectivity index (χ1v) is 15.4. The lowest BCUT2D eigenvalue weighted by Crippen LogP contribution is -2.36. The van der Waals surface area contributed by atoms with Gasteiger partial charge in [-0.1, -0.05) is 30.1 Å². The monoisotopic (exact) mass is 601 g/mol. The standard InChI is InChI=1S/C24H24Cl2N2O8S2/c1-2-16(13-24-28(9-11-38(32,33)34)20-15-18(26)5-7-22(20)36-24)12-23-27(8-3-10-37(29,30)31)19-14-17(25)4-6-21(19)35-23/h4-7,12-15H,2-3,8-11H2,1H3,(H-,29,30,31,32,33,34)/p-1. The van der Waals surface area contributed by atoms with Crippen LogP contribution < -0.4 is 14.2 Å². The van der Waals surface area contributed by atoms with Crippen LogP contribution in [0.15, 0.2) is 58.3 Å². The number of aromatic nitrogens is 1. The van der Waals surface area contributed by atoms with Crippen molar-refractivity contribution in [3.05, 3.63) is 69.9 Å². The van der Waals surface area contributed by atoms with E-state index in [0.29, 0.717) is 56.3 Å². The number of aryl methyl sites for hydroxylation is 1. The first-order valence-electron chi connectivity index (χ1n) is 11.5. The summed E-state index contributed by atoms with van der Waals surface area (Å²) in [6.07, 6.45) is 3.99. The van der Waals surface area contributed by atoms with E-state index in [2.05, 4.69) is 0 Å². The molecule has 0 spiro atoms. The van der Waals surface area contributed by atoms with Gasteiger partial charge in [0.05, 0.1) is 37.8 Å². The highest BCUT2D eigenvalue weighted by molar-refractivity contribution is 7.85. The fourth-order valence-electron chi connectivity index (χ4n) is 3.99. The predicted octanol–water partition coefficient (Wildman–Crippen LogP) is 4.04. The molecule has 4 rings (SSSR count). The fourth-order valence-corrected chi connectivity index (χ4v) is 5.21. The minimum Gasteiger partial charge on any atom is -0.748 e. The van der Waals surface area contributed by atoms with Crippen LogP contribution in [0.2, 0.25) is 10.0 Å². The fraction of sp³-hybridized carbons (Fsp3) is 0.292. The zero-order valence-corrected chi connectivity index (χ0v) is 23.2. The van der Waals surface area contributed by atoms with Gasteiger partial charge in [0.15, 0.2) is 12.3 Å². The van der Waals surface area contributed by atoms with Gasteiger partial charge in [-0.2, -0.15) is 4.57 Å². The second-order valence-corrected chi connectivity index (χ2v) is 12.4. The third kappa shape index (κ3) is 7.07. The zero-order valence-electron chi connectivity index (χ0n) is 20.1. The number of allylic oxidation sites excluding steroid dienone is 2. The number of rotatable bonds is 10. The number of ether oxygens (including phenoxy) is 1. The minimum absolute atomic E-state index is 0.0671. The van der Waals surface area contributed by atoms with Crippen molar-refractivity contribution in [1.29, 1.82) is 0 Å². The van der Waals surface area contributed by atoms with E-state index in [4.69, 9.17) is 32.4 Å². The van der Waals surface area contributed by atoms with Gasteiger partial charge >= 0.3 is 5.89 Å². The third-order valence-electron chi connectivity index (χ3n) is 5.75. The summed E-state index contributed by atoms with van der Waals surface area (Å²) in [6, 6.07) is 9.92. The number of nitrogens with zero attached hydrogens (tertiary/aromatic N) is 2. The molecule has 0 radical (unpaired) electrons. The second kappa shape index (κ2) is 11.2. The van der Waals surface area contributed by atoms with Gasteiger partial charge in [-0.05, 0) is 42.3 Å². The van der Waals surface area contributed by atoms with E-state index in [-0.39, 0.29) is 19.5 Å². The van der Waals surface area contributed by atoms with Gasteiger partial charge in [0.25, 0.3) is 5.52 Å². The number of fused-ring (bicyclic) bond motifs is 2. The Kier molecular flexibility index (Phi) is 8.40. The van der Waals surface area contributed by atoms with E-state index in [9.17, 15) is 25.9 Å². The molecular weight excluding hydrogens is 579 g/mol. The molecule has 0 saturated heterocycles. The van der Waals surface area contributed by atoms with Crippen molar-refractivity contribution < 1.29 is 39.7 Å². The molecule has 0 N–H and O–H groups in total. The van der Waals surface area contributed by atoms with Gasteiger partial charge in [0.2, 0.25) is 11.5 Å². The molecule has 3 aromatic rings. The molecule has 0 unspecified atom stereocenters. The van der Waals surface area contributed by atoms with Gasteiger partial charge < -0.3 is 23.2 Å². The van der Waals surface area contributed by atoms with Gasteiger partial charge in [0, 0.05) is 40.9 Å². The molecule has 2 aromatic carbocycles. The summed E-state index contributed by atoms with van der Waals surface area (Å²) in [5, 5.41) is 0.869. The number of oxazole rings is 1. The first kappa shape index (κ1) is 28.4. The summed E-state index contributed by atoms with van der Waals surface area (Å²) in [5.41, 5.74) is 2.37. The molecule has 1 aromatic heterocycles. The Morgan fingerprint density at radius 2 is 1.71 bits per heavy atom. The van der Waals surface area contributed by atoms with Crippen LogP contribution >= 0.6 is 23.2 Å². The zero-order chi connectivity index (χ0) is 27.7. The van der Waals surface area contributed by atoms with Crippen LogP contribution in [-0.4, -0.2) is 44.0 Å². The van der Waals surface area contributed by atoms with Gasteiger partial charge in [-0.3, -0.25) is 0 Å². The van der Waals surface area contributed by atoms with E-state index in [1.54, 1.807) is 58.0 Å². The van der Waals surface area contributed by atoms with Crippen molar-refractivity contribution in [1.82, 2.24) is 0 Å². The van der Waals surface area contributed by atoms with Crippen molar-refractivity contribution in [2.24, 2.45) is 0 Å². The highest BCUT2D eigenvalue weighted by atomic mass is 35.5. The topological polar surface area (TPSA) is 144 Å². The maximum atomic E-state index is 11.3. The molecule has 1 aliphatic rings. The number of hydrogen-bond donors (Lipinski definition) is 0. The Balaban J connectivity index is 1.74. The van der Waals surface area contributed by atoms with E-state index < -0.39 is 31.7 Å². The van der Waals surface area contributed by atoms with E-state index in [1.807, 2.05) is 6.92 Å². The Morgan fingerprint density at radius 1 is 1.03 bits per heavy atom. The van der Waals surface area contributed by atoms with Crippen molar-refractivity contribution in [3.63, 3.8) is 0 Å². The summed E-state index contributed by atoms with van der Waals surface area (Å²) in [4.78, 5) is 1.56. The van der Waals surface area contributed by atoms with Gasteiger partial charge in [-0.15, -0.1) is 0 Å². The van der Waals surface area contributed by atoms with Crippen LogP contribution in [0.4, 0.5) is 5.69 Å². The van der Waals surface area contributed by atoms with Crippen LogP contribution in [0, 0.1) is 0 Å². The van der Waals surface area contributed by atoms with E-state index in [1.165, 1.54) is 0 Å². The molecule has 0 aliphatic carbocycles.